The third-order valence-electron chi connectivity index (χ3n) is 2.41. The number of benzene rings is 1. The van der Waals surface area contributed by atoms with Gasteiger partial charge in [-0.05, 0) is 35.0 Å². The Balaban J connectivity index is 2.46. The van der Waals surface area contributed by atoms with Crippen LogP contribution in [0.2, 0.25) is 0 Å². The molecule has 2 aromatic rings. The van der Waals surface area contributed by atoms with Crippen LogP contribution in [0.5, 0.6) is 5.75 Å². The van der Waals surface area contributed by atoms with Crippen molar-refractivity contribution in [3.05, 3.63) is 33.1 Å². The number of carbonyl (C=O) groups is 1. The van der Waals surface area contributed by atoms with Gasteiger partial charge in [-0.2, -0.15) is 0 Å². The van der Waals surface area contributed by atoms with Crippen LogP contribution in [0, 0.1) is 0 Å². The van der Waals surface area contributed by atoms with Crippen LogP contribution < -0.4 is 4.74 Å². The van der Waals surface area contributed by atoms with Gasteiger partial charge >= 0.3 is 5.97 Å². The van der Waals surface area contributed by atoms with E-state index in [2.05, 4.69) is 20.9 Å². The SMILES string of the molecule is CCOC(=O)c1sc(Br)nc1-c1cccc(OC)c1. The second-order valence-electron chi connectivity index (χ2n) is 3.60. The van der Waals surface area contributed by atoms with Gasteiger partial charge in [0.2, 0.25) is 0 Å². The third-order valence-corrected chi connectivity index (χ3v) is 3.89. The second kappa shape index (κ2) is 6.16. The zero-order valence-corrected chi connectivity index (χ0v) is 12.9. The third kappa shape index (κ3) is 3.13. The molecule has 0 aliphatic heterocycles. The van der Waals surface area contributed by atoms with Gasteiger partial charge in [0.05, 0.1) is 19.4 Å². The van der Waals surface area contributed by atoms with E-state index < -0.39 is 0 Å². The van der Waals surface area contributed by atoms with Crippen LogP contribution >= 0.6 is 27.3 Å². The van der Waals surface area contributed by atoms with Crippen LogP contribution in [0.4, 0.5) is 0 Å². The molecule has 0 atom stereocenters. The maximum Gasteiger partial charge on any atom is 0.350 e. The minimum atomic E-state index is -0.358. The summed E-state index contributed by atoms with van der Waals surface area (Å²) in [6.07, 6.45) is 0. The average molecular weight is 342 g/mol. The number of aromatic nitrogens is 1. The first-order valence-electron chi connectivity index (χ1n) is 5.63. The fourth-order valence-corrected chi connectivity index (χ4v) is 2.97. The molecule has 0 amide bonds. The molecule has 0 N–H and O–H groups in total. The summed E-state index contributed by atoms with van der Waals surface area (Å²) >= 11 is 4.56. The lowest BCUT2D eigenvalue weighted by Gasteiger charge is -2.04. The predicted molar refractivity (Wildman–Crippen MR) is 77.8 cm³/mol. The maximum atomic E-state index is 11.9. The molecule has 0 spiro atoms. The molecule has 19 heavy (non-hydrogen) atoms. The number of methoxy groups -OCH3 is 1. The molecule has 0 aliphatic rings. The van der Waals surface area contributed by atoms with E-state index in [1.165, 1.54) is 11.3 Å². The van der Waals surface area contributed by atoms with Gasteiger partial charge in [0, 0.05) is 5.56 Å². The predicted octanol–water partition coefficient (Wildman–Crippen LogP) is 3.76. The van der Waals surface area contributed by atoms with E-state index in [1.54, 1.807) is 14.0 Å². The fourth-order valence-electron chi connectivity index (χ4n) is 1.60. The molecule has 1 aromatic heterocycles. The van der Waals surface area contributed by atoms with Crippen LogP contribution in [0.1, 0.15) is 16.6 Å². The molecule has 0 saturated carbocycles. The molecule has 2 rings (SSSR count). The number of hydrogen-bond acceptors (Lipinski definition) is 5. The fraction of sp³-hybridized carbons (Fsp3) is 0.231. The Morgan fingerprint density at radius 2 is 2.26 bits per heavy atom. The minimum absolute atomic E-state index is 0.339. The van der Waals surface area contributed by atoms with Crippen molar-refractivity contribution in [1.82, 2.24) is 4.98 Å². The van der Waals surface area contributed by atoms with Crippen LogP contribution in [0.3, 0.4) is 0 Å². The van der Waals surface area contributed by atoms with Gasteiger partial charge in [0.25, 0.3) is 0 Å². The molecule has 100 valence electrons. The standard InChI is InChI=1S/C13H12BrNO3S/c1-3-18-12(16)11-10(15-13(14)19-11)8-5-4-6-9(7-8)17-2/h4-7H,3H2,1-2H3. The highest BCUT2D eigenvalue weighted by atomic mass is 79.9. The quantitative estimate of drug-likeness (QED) is 0.794. The number of ether oxygens (including phenoxy) is 2. The number of nitrogens with zero attached hydrogens (tertiary/aromatic N) is 1. The van der Waals surface area contributed by atoms with Gasteiger partial charge in [-0.3, -0.25) is 0 Å². The summed E-state index contributed by atoms with van der Waals surface area (Å²) in [6.45, 7) is 2.12. The highest BCUT2D eigenvalue weighted by Gasteiger charge is 2.20. The smallest absolute Gasteiger partial charge is 0.350 e. The molecular formula is C13H12BrNO3S. The van der Waals surface area contributed by atoms with Gasteiger partial charge in [-0.15, -0.1) is 0 Å². The van der Waals surface area contributed by atoms with E-state index in [1.807, 2.05) is 24.3 Å². The number of thiazole rings is 1. The first kappa shape index (κ1) is 14.0. The Labute approximate surface area is 123 Å². The Kier molecular flexibility index (Phi) is 4.55. The highest BCUT2D eigenvalue weighted by Crippen LogP contribution is 2.33. The molecule has 0 aliphatic carbocycles. The number of halogens is 1. The average Bonchev–Trinajstić information content (AvgIpc) is 2.81. The Morgan fingerprint density at radius 3 is 2.95 bits per heavy atom. The van der Waals surface area contributed by atoms with E-state index in [4.69, 9.17) is 9.47 Å². The Bertz CT molecular complexity index is 597. The van der Waals surface area contributed by atoms with Crippen molar-refractivity contribution in [2.45, 2.75) is 6.92 Å². The molecule has 4 nitrogen and oxygen atoms in total. The molecule has 1 aromatic carbocycles. The van der Waals surface area contributed by atoms with Crippen molar-refractivity contribution in [2.24, 2.45) is 0 Å². The molecule has 0 fully saturated rings. The number of hydrogen-bond donors (Lipinski definition) is 0. The Morgan fingerprint density at radius 1 is 1.47 bits per heavy atom. The van der Waals surface area contributed by atoms with Crippen LogP contribution in [-0.4, -0.2) is 24.7 Å². The number of carbonyl (C=O) groups excluding carboxylic acids is 1. The van der Waals surface area contributed by atoms with E-state index in [0.717, 1.165) is 11.3 Å². The first-order valence-corrected chi connectivity index (χ1v) is 7.24. The van der Waals surface area contributed by atoms with Gasteiger partial charge in [0.1, 0.15) is 10.6 Å². The van der Waals surface area contributed by atoms with E-state index in [0.29, 0.717) is 21.1 Å². The zero-order chi connectivity index (χ0) is 13.8. The lowest BCUT2D eigenvalue weighted by molar-refractivity contribution is 0.0532. The topological polar surface area (TPSA) is 48.4 Å². The molecule has 1 heterocycles. The molecule has 0 bridgehead atoms. The summed E-state index contributed by atoms with van der Waals surface area (Å²) in [7, 11) is 1.60. The molecular weight excluding hydrogens is 330 g/mol. The van der Waals surface area contributed by atoms with E-state index >= 15 is 0 Å². The zero-order valence-electron chi connectivity index (χ0n) is 10.5. The largest absolute Gasteiger partial charge is 0.497 e. The van der Waals surface area contributed by atoms with Crippen molar-refractivity contribution in [3.63, 3.8) is 0 Å². The molecule has 0 unspecified atom stereocenters. The van der Waals surface area contributed by atoms with Crippen LogP contribution in [-0.2, 0) is 4.74 Å². The molecule has 6 heteroatoms. The lowest BCUT2D eigenvalue weighted by atomic mass is 10.1. The van der Waals surface area contributed by atoms with Crippen molar-refractivity contribution in [2.75, 3.05) is 13.7 Å². The summed E-state index contributed by atoms with van der Waals surface area (Å²) in [5, 5.41) is 0. The molecule has 0 radical (unpaired) electrons. The Hall–Kier alpha value is -1.40. The number of rotatable bonds is 4. The second-order valence-corrected chi connectivity index (χ2v) is 5.87. The number of esters is 1. The van der Waals surface area contributed by atoms with E-state index in [-0.39, 0.29) is 5.97 Å². The van der Waals surface area contributed by atoms with Crippen LogP contribution in [0.25, 0.3) is 11.3 Å². The normalized spacial score (nSPS) is 10.3. The maximum absolute atomic E-state index is 11.9. The van der Waals surface area contributed by atoms with Gasteiger partial charge in [-0.1, -0.05) is 23.5 Å². The summed E-state index contributed by atoms with van der Waals surface area (Å²) in [6, 6.07) is 7.42. The van der Waals surface area contributed by atoms with Gasteiger partial charge in [0.15, 0.2) is 3.92 Å². The first-order chi connectivity index (χ1) is 9.15. The molecule has 0 saturated heterocycles. The summed E-state index contributed by atoms with van der Waals surface area (Å²) < 4.78 is 10.9. The lowest BCUT2D eigenvalue weighted by Crippen LogP contribution is -2.04. The monoisotopic (exact) mass is 341 g/mol. The van der Waals surface area contributed by atoms with Gasteiger partial charge in [-0.25, -0.2) is 9.78 Å². The van der Waals surface area contributed by atoms with E-state index in [9.17, 15) is 4.79 Å². The highest BCUT2D eigenvalue weighted by molar-refractivity contribution is 9.11. The van der Waals surface area contributed by atoms with Gasteiger partial charge < -0.3 is 9.47 Å². The summed E-state index contributed by atoms with van der Waals surface area (Å²) in [5.74, 6) is 0.361. The summed E-state index contributed by atoms with van der Waals surface area (Å²) in [5.41, 5.74) is 1.43. The van der Waals surface area contributed by atoms with Crippen LogP contribution in [0.15, 0.2) is 28.2 Å². The summed E-state index contributed by atoms with van der Waals surface area (Å²) in [4.78, 5) is 16.7. The van der Waals surface area contributed by atoms with Crippen molar-refractivity contribution in [3.8, 4) is 17.0 Å². The van der Waals surface area contributed by atoms with Crippen molar-refractivity contribution < 1.29 is 14.3 Å². The van der Waals surface area contributed by atoms with Crippen molar-refractivity contribution in [1.29, 1.82) is 0 Å². The van der Waals surface area contributed by atoms with Crippen molar-refractivity contribution >= 4 is 33.2 Å². The minimum Gasteiger partial charge on any atom is -0.497 e.